The molecule has 0 spiro atoms. The van der Waals surface area contributed by atoms with E-state index in [9.17, 15) is 18.0 Å². The van der Waals surface area contributed by atoms with Crippen molar-refractivity contribution in [3.05, 3.63) is 95.1 Å². The van der Waals surface area contributed by atoms with Crippen molar-refractivity contribution in [1.82, 2.24) is 10.2 Å². The minimum atomic E-state index is -4.08. The van der Waals surface area contributed by atoms with Gasteiger partial charge in [0, 0.05) is 13.6 Å². The molecule has 0 heterocycles. The molecule has 37 heavy (non-hydrogen) atoms. The minimum absolute atomic E-state index is 0.0984. The molecular formula is C29H35N3O4S. The Kier molecular flexibility index (Phi) is 9.10. The van der Waals surface area contributed by atoms with Gasteiger partial charge in [-0.3, -0.25) is 13.9 Å². The van der Waals surface area contributed by atoms with Crippen molar-refractivity contribution in [2.24, 2.45) is 0 Å². The molecule has 7 nitrogen and oxygen atoms in total. The van der Waals surface area contributed by atoms with Gasteiger partial charge in [-0.1, -0.05) is 72.6 Å². The fourth-order valence-electron chi connectivity index (χ4n) is 4.09. The van der Waals surface area contributed by atoms with Crippen molar-refractivity contribution in [3.63, 3.8) is 0 Å². The van der Waals surface area contributed by atoms with Gasteiger partial charge in [-0.25, -0.2) is 8.42 Å². The van der Waals surface area contributed by atoms with Crippen molar-refractivity contribution in [2.75, 3.05) is 17.9 Å². The van der Waals surface area contributed by atoms with Gasteiger partial charge in [-0.15, -0.1) is 0 Å². The number of anilines is 1. The molecule has 0 saturated carbocycles. The number of nitrogens with one attached hydrogen (secondary N) is 1. The molecule has 1 atom stereocenters. The maximum Gasteiger partial charge on any atom is 0.264 e. The Hall–Kier alpha value is -3.65. The van der Waals surface area contributed by atoms with E-state index in [0.717, 1.165) is 26.6 Å². The second-order valence-corrected chi connectivity index (χ2v) is 11.0. The number of likely N-dealkylation sites (N-methyl/N-ethyl adjacent to an activating group) is 1. The Morgan fingerprint density at radius 3 is 2.03 bits per heavy atom. The van der Waals surface area contributed by atoms with Crippen molar-refractivity contribution in [1.29, 1.82) is 0 Å². The number of amides is 2. The lowest BCUT2D eigenvalue weighted by Crippen LogP contribution is -2.50. The summed E-state index contributed by atoms with van der Waals surface area (Å²) in [5.41, 5.74) is 4.10. The highest BCUT2D eigenvalue weighted by Crippen LogP contribution is 2.28. The molecule has 196 valence electrons. The van der Waals surface area contributed by atoms with Gasteiger partial charge in [-0.2, -0.15) is 0 Å². The third-order valence-electron chi connectivity index (χ3n) is 6.42. The van der Waals surface area contributed by atoms with Crippen LogP contribution in [0.5, 0.6) is 0 Å². The molecule has 8 heteroatoms. The average molecular weight is 522 g/mol. The van der Waals surface area contributed by atoms with Gasteiger partial charge >= 0.3 is 0 Å². The molecule has 0 aliphatic rings. The van der Waals surface area contributed by atoms with E-state index >= 15 is 0 Å². The lowest BCUT2D eigenvalue weighted by molar-refractivity contribution is -0.139. The third kappa shape index (κ3) is 6.57. The Morgan fingerprint density at radius 2 is 1.46 bits per heavy atom. The van der Waals surface area contributed by atoms with Crippen LogP contribution in [0, 0.1) is 13.8 Å². The van der Waals surface area contributed by atoms with Gasteiger partial charge in [0.15, 0.2) is 0 Å². The Bertz CT molecular complexity index is 1340. The number of sulfonamides is 1. The number of para-hydroxylation sites is 1. The predicted octanol–water partition coefficient (Wildman–Crippen LogP) is 4.22. The fourth-order valence-corrected chi connectivity index (χ4v) is 5.54. The van der Waals surface area contributed by atoms with Gasteiger partial charge in [0.1, 0.15) is 12.6 Å². The molecule has 0 aliphatic carbocycles. The highest BCUT2D eigenvalue weighted by atomic mass is 32.2. The highest BCUT2D eigenvalue weighted by molar-refractivity contribution is 7.92. The second kappa shape index (κ2) is 12.1. The summed E-state index contributed by atoms with van der Waals surface area (Å²) in [6.07, 6.45) is 0.589. The molecule has 0 fully saturated rings. The van der Waals surface area contributed by atoms with Crippen LogP contribution in [0.4, 0.5) is 5.69 Å². The fraction of sp³-hybridized carbons (Fsp3) is 0.310. The Morgan fingerprint density at radius 1 is 0.892 bits per heavy atom. The number of benzene rings is 3. The van der Waals surface area contributed by atoms with E-state index in [0.29, 0.717) is 12.1 Å². The molecule has 0 aliphatic heterocycles. The van der Waals surface area contributed by atoms with Crippen molar-refractivity contribution in [2.45, 2.75) is 51.6 Å². The summed E-state index contributed by atoms with van der Waals surface area (Å²) in [7, 11) is -2.56. The monoisotopic (exact) mass is 521 g/mol. The van der Waals surface area contributed by atoms with Crippen LogP contribution in [-0.4, -0.2) is 44.8 Å². The maximum absolute atomic E-state index is 13.9. The predicted molar refractivity (Wildman–Crippen MR) is 147 cm³/mol. The normalized spacial score (nSPS) is 12.0. The van der Waals surface area contributed by atoms with Gasteiger partial charge in [0.05, 0.1) is 10.6 Å². The summed E-state index contributed by atoms with van der Waals surface area (Å²) in [5.74, 6) is -0.805. The van der Waals surface area contributed by atoms with Crippen molar-refractivity contribution < 1.29 is 18.0 Å². The number of carbonyl (C=O) groups is 2. The van der Waals surface area contributed by atoms with Crippen LogP contribution in [0.2, 0.25) is 0 Å². The molecule has 3 aromatic rings. The summed E-state index contributed by atoms with van der Waals surface area (Å²) in [5, 5.41) is 2.59. The molecule has 3 rings (SSSR count). The number of rotatable bonds is 10. The molecule has 1 N–H and O–H groups in total. The zero-order chi connectivity index (χ0) is 27.2. The number of hydrogen-bond acceptors (Lipinski definition) is 4. The number of carbonyl (C=O) groups excluding carboxylic acids is 2. The van der Waals surface area contributed by atoms with Gasteiger partial charge < -0.3 is 10.2 Å². The summed E-state index contributed by atoms with van der Waals surface area (Å²) < 4.78 is 29.0. The first-order chi connectivity index (χ1) is 17.6. The Balaban J connectivity index is 2.06. The van der Waals surface area contributed by atoms with Gasteiger partial charge in [0.25, 0.3) is 10.0 Å². The van der Waals surface area contributed by atoms with E-state index in [1.165, 1.54) is 11.9 Å². The number of hydrogen-bond donors (Lipinski definition) is 1. The van der Waals surface area contributed by atoms with Crippen LogP contribution in [-0.2, 0) is 32.6 Å². The van der Waals surface area contributed by atoms with E-state index in [4.69, 9.17) is 0 Å². The SMILES string of the molecule is CCc1ccccc1N(CC(=O)N(Cc1ccc(C)cc1)[C@H](C)C(=O)NC)S(=O)(=O)c1ccc(C)cc1. The maximum atomic E-state index is 13.9. The highest BCUT2D eigenvalue weighted by Gasteiger charge is 2.33. The van der Waals surface area contributed by atoms with E-state index in [-0.39, 0.29) is 17.3 Å². The topological polar surface area (TPSA) is 86.8 Å². The first-order valence-electron chi connectivity index (χ1n) is 12.3. The first kappa shape index (κ1) is 27.9. The molecule has 0 unspecified atom stereocenters. The quantitative estimate of drug-likeness (QED) is 0.433. The van der Waals surface area contributed by atoms with E-state index in [1.54, 1.807) is 43.3 Å². The molecule has 0 aromatic heterocycles. The van der Waals surface area contributed by atoms with Gasteiger partial charge in [-0.05, 0) is 56.5 Å². The molecule has 0 bridgehead atoms. The third-order valence-corrected chi connectivity index (χ3v) is 8.19. The number of aryl methyl sites for hydroxylation is 3. The van der Waals surface area contributed by atoms with Crippen LogP contribution in [0.3, 0.4) is 0 Å². The van der Waals surface area contributed by atoms with Crippen LogP contribution in [0.15, 0.2) is 77.7 Å². The molecular weight excluding hydrogens is 486 g/mol. The number of nitrogens with zero attached hydrogens (tertiary/aromatic N) is 2. The van der Waals surface area contributed by atoms with Crippen LogP contribution in [0.1, 0.15) is 36.1 Å². The minimum Gasteiger partial charge on any atom is -0.357 e. The first-order valence-corrected chi connectivity index (χ1v) is 13.8. The van der Waals surface area contributed by atoms with E-state index < -0.39 is 28.5 Å². The molecule has 3 aromatic carbocycles. The van der Waals surface area contributed by atoms with Crippen molar-refractivity contribution in [3.8, 4) is 0 Å². The lowest BCUT2D eigenvalue weighted by atomic mass is 10.1. The lowest BCUT2D eigenvalue weighted by Gasteiger charge is -2.32. The van der Waals surface area contributed by atoms with E-state index in [2.05, 4.69) is 5.32 Å². The molecule has 0 radical (unpaired) electrons. The summed E-state index contributed by atoms with van der Waals surface area (Å²) >= 11 is 0. The average Bonchev–Trinajstić information content (AvgIpc) is 2.90. The zero-order valence-corrected chi connectivity index (χ0v) is 22.9. The van der Waals surface area contributed by atoms with Crippen molar-refractivity contribution >= 4 is 27.5 Å². The van der Waals surface area contributed by atoms with Gasteiger partial charge in [0.2, 0.25) is 11.8 Å². The summed E-state index contributed by atoms with van der Waals surface area (Å²) in [6, 6.07) is 20.6. The molecule has 0 saturated heterocycles. The Labute approximate surface area is 220 Å². The largest absolute Gasteiger partial charge is 0.357 e. The smallest absolute Gasteiger partial charge is 0.264 e. The molecule has 2 amide bonds. The van der Waals surface area contributed by atoms with Crippen LogP contribution < -0.4 is 9.62 Å². The summed E-state index contributed by atoms with van der Waals surface area (Å²) in [6.45, 7) is 7.16. The van der Waals surface area contributed by atoms with Crippen LogP contribution in [0.25, 0.3) is 0 Å². The van der Waals surface area contributed by atoms with Crippen LogP contribution >= 0.6 is 0 Å². The summed E-state index contributed by atoms with van der Waals surface area (Å²) in [4.78, 5) is 27.9. The van der Waals surface area contributed by atoms with E-state index in [1.807, 2.05) is 57.2 Å². The standard InChI is InChI=1S/C29H35N3O4S/c1-6-25-9-7-8-10-27(25)32(37(35,36)26-17-13-22(3)14-18-26)20-28(33)31(23(4)29(34)30-5)19-24-15-11-21(2)12-16-24/h7-18,23H,6,19-20H2,1-5H3,(H,30,34)/t23-/m1/s1. The second-order valence-electron chi connectivity index (χ2n) is 9.10. The zero-order valence-electron chi connectivity index (χ0n) is 22.1.